The lowest BCUT2D eigenvalue weighted by molar-refractivity contribution is -0.117. The van der Waals surface area contributed by atoms with Crippen LogP contribution in [-0.2, 0) is 4.79 Å². The van der Waals surface area contributed by atoms with Crippen molar-refractivity contribution >= 4 is 22.9 Å². The Bertz CT molecular complexity index is 929. The molecule has 3 nitrogen and oxygen atoms in total. The summed E-state index contributed by atoms with van der Waals surface area (Å²) in [6, 6.07) is 14.1. The maximum Gasteiger partial charge on any atom is 0.227 e. The van der Waals surface area contributed by atoms with Gasteiger partial charge in [-0.1, -0.05) is 12.1 Å². The fourth-order valence-electron chi connectivity index (χ4n) is 2.72. The van der Waals surface area contributed by atoms with E-state index in [9.17, 15) is 9.18 Å². The molecule has 0 radical (unpaired) electrons. The normalized spacial score (nSPS) is 13.7. The Morgan fingerprint density at radius 3 is 2.64 bits per heavy atom. The summed E-state index contributed by atoms with van der Waals surface area (Å²) < 4.78 is 13.1. The predicted octanol–water partition coefficient (Wildman–Crippen LogP) is 5.27. The number of carbonyl (C=O) groups excluding carboxylic acids is 1. The lowest BCUT2D eigenvalue weighted by atomic mass is 10.1. The summed E-state index contributed by atoms with van der Waals surface area (Å²) in [7, 11) is 0. The van der Waals surface area contributed by atoms with Crippen molar-refractivity contribution in [3.05, 3.63) is 59.2 Å². The molecule has 4 rings (SSSR count). The topological polar surface area (TPSA) is 42.0 Å². The molecule has 0 unspecified atom stereocenters. The molecule has 1 aliphatic carbocycles. The molecule has 1 amide bonds. The molecule has 5 heteroatoms. The monoisotopic (exact) mass is 352 g/mol. The highest BCUT2D eigenvalue weighted by atomic mass is 32.1. The number of benzene rings is 2. The number of anilines is 1. The maximum atomic E-state index is 13.1. The van der Waals surface area contributed by atoms with Gasteiger partial charge in [0, 0.05) is 27.6 Å². The Balaban J connectivity index is 1.62. The summed E-state index contributed by atoms with van der Waals surface area (Å²) in [6.45, 7) is 2.01. The quantitative estimate of drug-likeness (QED) is 0.695. The number of rotatable bonds is 4. The van der Waals surface area contributed by atoms with E-state index in [0.29, 0.717) is 0 Å². The largest absolute Gasteiger partial charge is 0.326 e. The molecule has 0 bridgehead atoms. The van der Waals surface area contributed by atoms with Gasteiger partial charge in [-0.05, 0) is 56.2 Å². The van der Waals surface area contributed by atoms with Gasteiger partial charge in [-0.25, -0.2) is 9.37 Å². The zero-order chi connectivity index (χ0) is 17.4. The Labute approximate surface area is 149 Å². The van der Waals surface area contributed by atoms with Gasteiger partial charge in [0.25, 0.3) is 0 Å². The lowest BCUT2D eigenvalue weighted by Gasteiger charge is -2.05. The minimum atomic E-state index is -0.254. The third kappa shape index (κ3) is 3.46. The molecule has 1 aromatic heterocycles. The summed E-state index contributed by atoms with van der Waals surface area (Å²) in [5.41, 5.74) is 3.53. The number of carbonyl (C=O) groups is 1. The average Bonchev–Trinajstić information content (AvgIpc) is 3.39. The Morgan fingerprint density at radius 2 is 1.92 bits per heavy atom. The molecule has 0 spiro atoms. The van der Waals surface area contributed by atoms with Crippen LogP contribution in [0.4, 0.5) is 10.1 Å². The second-order valence-electron chi connectivity index (χ2n) is 6.28. The van der Waals surface area contributed by atoms with Crippen LogP contribution >= 0.6 is 11.3 Å². The smallest absolute Gasteiger partial charge is 0.227 e. The first-order chi connectivity index (χ1) is 12.1. The van der Waals surface area contributed by atoms with Crippen molar-refractivity contribution in [2.24, 2.45) is 5.92 Å². The summed E-state index contributed by atoms with van der Waals surface area (Å²) in [6.07, 6.45) is 1.97. The van der Waals surface area contributed by atoms with Gasteiger partial charge in [-0.2, -0.15) is 0 Å². The first-order valence-electron chi connectivity index (χ1n) is 8.25. The van der Waals surface area contributed by atoms with Gasteiger partial charge in [0.15, 0.2) is 0 Å². The van der Waals surface area contributed by atoms with Crippen LogP contribution in [0.25, 0.3) is 21.8 Å². The van der Waals surface area contributed by atoms with Gasteiger partial charge in [-0.3, -0.25) is 4.79 Å². The van der Waals surface area contributed by atoms with Gasteiger partial charge in [0.2, 0.25) is 5.91 Å². The van der Waals surface area contributed by atoms with Crippen molar-refractivity contribution in [1.82, 2.24) is 4.98 Å². The van der Waals surface area contributed by atoms with Crippen LogP contribution in [0.15, 0.2) is 48.5 Å². The van der Waals surface area contributed by atoms with Crippen molar-refractivity contribution < 1.29 is 9.18 Å². The average molecular weight is 352 g/mol. The van der Waals surface area contributed by atoms with E-state index in [1.807, 2.05) is 31.2 Å². The van der Waals surface area contributed by atoms with E-state index in [4.69, 9.17) is 4.98 Å². The van der Waals surface area contributed by atoms with Crippen LogP contribution in [0.2, 0.25) is 0 Å². The van der Waals surface area contributed by atoms with Crippen molar-refractivity contribution in [3.63, 3.8) is 0 Å². The van der Waals surface area contributed by atoms with E-state index in [1.165, 1.54) is 12.1 Å². The van der Waals surface area contributed by atoms with E-state index >= 15 is 0 Å². The molecule has 0 atom stereocenters. The highest BCUT2D eigenvalue weighted by Gasteiger charge is 2.29. The summed E-state index contributed by atoms with van der Waals surface area (Å²) >= 11 is 1.60. The van der Waals surface area contributed by atoms with E-state index < -0.39 is 0 Å². The molecular weight excluding hydrogens is 335 g/mol. The highest BCUT2D eigenvalue weighted by Crippen LogP contribution is 2.35. The fraction of sp³-hybridized carbons (Fsp3) is 0.200. The molecule has 126 valence electrons. The van der Waals surface area contributed by atoms with Gasteiger partial charge >= 0.3 is 0 Å². The van der Waals surface area contributed by atoms with Crippen LogP contribution < -0.4 is 5.32 Å². The Hall–Kier alpha value is -2.53. The number of aryl methyl sites for hydroxylation is 1. The number of nitrogens with zero attached hydrogens (tertiary/aromatic N) is 1. The second-order valence-corrected chi connectivity index (χ2v) is 7.48. The standard InChI is InChI=1S/C20H17FN2OS/c1-12-18(13-7-9-16(21)10-8-13)23-20(25-12)15-3-2-4-17(11-15)22-19(24)14-5-6-14/h2-4,7-11,14H,5-6H2,1H3,(H,22,24). The summed E-state index contributed by atoms with van der Waals surface area (Å²) in [4.78, 5) is 17.7. The zero-order valence-corrected chi connectivity index (χ0v) is 14.6. The highest BCUT2D eigenvalue weighted by molar-refractivity contribution is 7.15. The third-order valence-electron chi connectivity index (χ3n) is 4.24. The molecule has 25 heavy (non-hydrogen) atoms. The zero-order valence-electron chi connectivity index (χ0n) is 13.8. The van der Waals surface area contributed by atoms with E-state index in [2.05, 4.69) is 5.32 Å². The van der Waals surface area contributed by atoms with Crippen LogP contribution in [0.1, 0.15) is 17.7 Å². The number of thiazole rings is 1. The lowest BCUT2D eigenvalue weighted by Crippen LogP contribution is -2.13. The van der Waals surface area contributed by atoms with Gasteiger partial charge in [-0.15, -0.1) is 11.3 Å². The number of halogens is 1. The van der Waals surface area contributed by atoms with Gasteiger partial charge in [0.05, 0.1) is 5.69 Å². The number of nitrogens with one attached hydrogen (secondary N) is 1. The van der Waals surface area contributed by atoms with Gasteiger partial charge in [0.1, 0.15) is 10.8 Å². The first-order valence-corrected chi connectivity index (χ1v) is 9.06. The van der Waals surface area contributed by atoms with Crippen LogP contribution in [0.5, 0.6) is 0 Å². The fourth-order valence-corrected chi connectivity index (χ4v) is 3.65. The maximum absolute atomic E-state index is 13.1. The predicted molar refractivity (Wildman–Crippen MR) is 99.0 cm³/mol. The molecule has 2 aromatic carbocycles. The van der Waals surface area contributed by atoms with E-state index in [1.54, 1.807) is 23.5 Å². The Morgan fingerprint density at radius 1 is 1.16 bits per heavy atom. The third-order valence-corrected chi connectivity index (χ3v) is 5.26. The Kier molecular flexibility index (Phi) is 4.09. The second kappa shape index (κ2) is 6.41. The minimum absolute atomic E-state index is 0.0967. The van der Waals surface area contributed by atoms with E-state index in [0.717, 1.165) is 45.2 Å². The molecule has 3 aromatic rings. The summed E-state index contributed by atoms with van der Waals surface area (Å²) in [5.74, 6) is 0.0197. The number of hydrogen-bond acceptors (Lipinski definition) is 3. The minimum Gasteiger partial charge on any atom is -0.326 e. The van der Waals surface area contributed by atoms with Crippen LogP contribution in [0.3, 0.4) is 0 Å². The van der Waals surface area contributed by atoms with Crippen molar-refractivity contribution in [3.8, 4) is 21.8 Å². The van der Waals surface area contributed by atoms with Crippen LogP contribution in [-0.4, -0.2) is 10.9 Å². The number of amides is 1. The molecular formula is C20H17FN2OS. The molecule has 1 heterocycles. The van der Waals surface area contributed by atoms with Gasteiger partial charge < -0.3 is 5.32 Å². The number of aromatic nitrogens is 1. The SMILES string of the molecule is Cc1sc(-c2cccc(NC(=O)C3CC3)c2)nc1-c1ccc(F)cc1. The molecule has 0 aliphatic heterocycles. The van der Waals surface area contributed by atoms with Crippen LogP contribution in [0, 0.1) is 18.7 Å². The van der Waals surface area contributed by atoms with Crippen molar-refractivity contribution in [2.45, 2.75) is 19.8 Å². The molecule has 0 saturated heterocycles. The molecule has 1 saturated carbocycles. The molecule has 1 N–H and O–H groups in total. The molecule has 1 fully saturated rings. The summed E-state index contributed by atoms with van der Waals surface area (Å²) in [5, 5.41) is 3.86. The van der Waals surface area contributed by atoms with Crippen molar-refractivity contribution in [1.29, 1.82) is 0 Å². The van der Waals surface area contributed by atoms with E-state index in [-0.39, 0.29) is 17.6 Å². The first kappa shape index (κ1) is 16.0. The number of hydrogen-bond donors (Lipinski definition) is 1. The van der Waals surface area contributed by atoms with Crippen molar-refractivity contribution in [2.75, 3.05) is 5.32 Å². The molecule has 1 aliphatic rings.